The summed E-state index contributed by atoms with van der Waals surface area (Å²) in [5.74, 6) is -3.17. The molecule has 7 nitrogen and oxygen atoms in total. The summed E-state index contributed by atoms with van der Waals surface area (Å²) in [6, 6.07) is 3.50. The second-order valence-corrected chi connectivity index (χ2v) is 4.31. The molecule has 1 rings (SSSR count). The van der Waals surface area contributed by atoms with Crippen molar-refractivity contribution in [3.05, 3.63) is 38.9 Å². The second kappa shape index (κ2) is 14.2. The van der Waals surface area contributed by atoms with E-state index in [1.165, 1.54) is 12.1 Å². The van der Waals surface area contributed by atoms with Crippen molar-refractivity contribution in [3.8, 4) is 0 Å². The normalized spacial score (nSPS) is 9.12. The molecule has 0 aromatic heterocycles. The minimum atomic E-state index is -1.45. The van der Waals surface area contributed by atoms with Crippen LogP contribution >= 0.6 is 11.6 Å². The fourth-order valence-electron chi connectivity index (χ4n) is 1.67. The Balaban J connectivity index is 0. The van der Waals surface area contributed by atoms with Gasteiger partial charge in [0.2, 0.25) is 0 Å². The van der Waals surface area contributed by atoms with E-state index in [2.05, 4.69) is 0 Å². The Kier molecular flexibility index (Phi) is 14.3. The average molecular weight is 376 g/mol. The molecule has 0 aliphatic carbocycles. The summed E-state index contributed by atoms with van der Waals surface area (Å²) in [6.07, 6.45) is 0. The number of ether oxygens (including phenoxy) is 2. The molecule has 0 unspecified atom stereocenters. The number of nitro benzene ring substituents is 1. The van der Waals surface area contributed by atoms with Crippen molar-refractivity contribution in [2.24, 2.45) is 0 Å². The molecule has 142 valence electrons. The van der Waals surface area contributed by atoms with Crippen molar-refractivity contribution in [1.29, 1.82) is 0 Å². The molecular formula is C17H26ClNO6. The second-order valence-electron chi connectivity index (χ2n) is 3.90. The zero-order valence-corrected chi connectivity index (χ0v) is 16.3. The number of non-ortho nitro benzene ring substituents is 1. The fraction of sp³-hybridized carbons (Fsp3) is 0.529. The van der Waals surface area contributed by atoms with Crippen LogP contribution in [0.1, 0.15) is 53.0 Å². The molecule has 1 aromatic rings. The zero-order chi connectivity index (χ0) is 20.0. The quantitative estimate of drug-likeness (QED) is 0.314. The molecule has 0 saturated heterocycles. The molecule has 25 heavy (non-hydrogen) atoms. The summed E-state index contributed by atoms with van der Waals surface area (Å²) < 4.78 is 9.63. The number of nitro groups is 1. The van der Waals surface area contributed by atoms with E-state index >= 15 is 0 Å². The third kappa shape index (κ3) is 7.98. The maximum absolute atomic E-state index is 11.9. The van der Waals surface area contributed by atoms with Crippen LogP contribution in [0.3, 0.4) is 0 Å². The zero-order valence-electron chi connectivity index (χ0n) is 15.5. The number of hydrogen-bond donors (Lipinski definition) is 0. The summed E-state index contributed by atoms with van der Waals surface area (Å²) in [4.78, 5) is 34.0. The molecule has 0 fully saturated rings. The highest BCUT2D eigenvalue weighted by atomic mass is 35.5. The Hall–Kier alpha value is -2.15. The van der Waals surface area contributed by atoms with Gasteiger partial charge in [-0.25, -0.2) is 0 Å². The highest BCUT2D eigenvalue weighted by Gasteiger charge is 2.34. The van der Waals surface area contributed by atoms with Gasteiger partial charge in [0.25, 0.3) is 5.69 Å². The third-order valence-corrected chi connectivity index (χ3v) is 2.89. The van der Waals surface area contributed by atoms with E-state index in [0.717, 1.165) is 6.07 Å². The van der Waals surface area contributed by atoms with E-state index in [1.54, 1.807) is 13.8 Å². The predicted molar refractivity (Wildman–Crippen MR) is 96.8 cm³/mol. The van der Waals surface area contributed by atoms with Crippen molar-refractivity contribution in [2.75, 3.05) is 13.2 Å². The Bertz CT molecular complexity index is 544. The Morgan fingerprint density at radius 2 is 1.52 bits per heavy atom. The number of halogens is 1. The van der Waals surface area contributed by atoms with Crippen LogP contribution in [0, 0.1) is 10.1 Å². The van der Waals surface area contributed by atoms with E-state index < -0.39 is 22.8 Å². The van der Waals surface area contributed by atoms with Crippen LogP contribution in [0.5, 0.6) is 0 Å². The number of nitrogens with zero attached hydrogens (tertiary/aromatic N) is 1. The average Bonchev–Trinajstić information content (AvgIpc) is 2.60. The predicted octanol–water partition coefficient (Wildman–Crippen LogP) is 4.51. The Morgan fingerprint density at radius 3 is 1.88 bits per heavy atom. The molecule has 0 N–H and O–H groups in total. The SMILES string of the molecule is CC.CC.CCOC(=O)C(C(=O)OCC)c1cc([N+](=O)[O-])ccc1Cl. The van der Waals surface area contributed by atoms with Gasteiger partial charge in [-0.2, -0.15) is 0 Å². The molecule has 0 atom stereocenters. The number of hydrogen-bond acceptors (Lipinski definition) is 6. The van der Waals surface area contributed by atoms with Gasteiger partial charge in [-0.05, 0) is 19.9 Å². The van der Waals surface area contributed by atoms with Gasteiger partial charge in [-0.1, -0.05) is 39.3 Å². The lowest BCUT2D eigenvalue weighted by Crippen LogP contribution is -2.26. The summed E-state index contributed by atoms with van der Waals surface area (Å²) >= 11 is 5.95. The molecule has 0 aliphatic heterocycles. The molecular weight excluding hydrogens is 350 g/mol. The van der Waals surface area contributed by atoms with Gasteiger partial charge in [0.15, 0.2) is 5.92 Å². The van der Waals surface area contributed by atoms with Crippen LogP contribution < -0.4 is 0 Å². The van der Waals surface area contributed by atoms with Gasteiger partial charge < -0.3 is 9.47 Å². The Morgan fingerprint density at radius 1 is 1.08 bits per heavy atom. The van der Waals surface area contributed by atoms with E-state index in [0.29, 0.717) is 0 Å². The molecule has 0 aliphatic rings. The van der Waals surface area contributed by atoms with E-state index in [9.17, 15) is 19.7 Å². The number of esters is 2. The molecule has 0 radical (unpaired) electrons. The first kappa shape index (κ1) is 25.1. The molecule has 0 heterocycles. The largest absolute Gasteiger partial charge is 0.465 e. The van der Waals surface area contributed by atoms with Gasteiger partial charge in [0.1, 0.15) is 0 Å². The lowest BCUT2D eigenvalue weighted by molar-refractivity contribution is -0.384. The van der Waals surface area contributed by atoms with Crippen LogP contribution in [0.4, 0.5) is 5.69 Å². The first-order valence-electron chi connectivity index (χ1n) is 8.19. The Labute approximate surface area is 153 Å². The van der Waals surface area contributed by atoms with Crippen molar-refractivity contribution in [2.45, 2.75) is 47.5 Å². The van der Waals surface area contributed by atoms with Crippen molar-refractivity contribution >= 4 is 29.2 Å². The van der Waals surface area contributed by atoms with Gasteiger partial charge in [-0.15, -0.1) is 0 Å². The van der Waals surface area contributed by atoms with Crippen LogP contribution in [0.25, 0.3) is 0 Å². The fourth-order valence-corrected chi connectivity index (χ4v) is 1.89. The number of carbonyl (C=O) groups excluding carboxylic acids is 2. The highest BCUT2D eigenvalue weighted by Crippen LogP contribution is 2.30. The third-order valence-electron chi connectivity index (χ3n) is 2.55. The van der Waals surface area contributed by atoms with Gasteiger partial charge in [0, 0.05) is 22.7 Å². The van der Waals surface area contributed by atoms with E-state index in [1.807, 2.05) is 27.7 Å². The first-order chi connectivity index (χ1) is 11.9. The minimum absolute atomic E-state index is 0.0113. The molecule has 0 amide bonds. The monoisotopic (exact) mass is 375 g/mol. The van der Waals surface area contributed by atoms with E-state index in [4.69, 9.17) is 21.1 Å². The smallest absolute Gasteiger partial charge is 0.324 e. The number of rotatable bonds is 6. The summed E-state index contributed by atoms with van der Waals surface area (Å²) in [5, 5.41) is 10.9. The lowest BCUT2D eigenvalue weighted by atomic mass is 9.98. The van der Waals surface area contributed by atoms with Gasteiger partial charge >= 0.3 is 11.9 Å². The van der Waals surface area contributed by atoms with Gasteiger partial charge in [-0.3, -0.25) is 19.7 Å². The maximum Gasteiger partial charge on any atom is 0.324 e. The molecule has 0 bridgehead atoms. The minimum Gasteiger partial charge on any atom is -0.465 e. The summed E-state index contributed by atoms with van der Waals surface area (Å²) in [7, 11) is 0. The topological polar surface area (TPSA) is 95.7 Å². The standard InChI is InChI=1S/C13H14ClNO6.2C2H6/c1-3-20-12(16)11(13(17)21-4-2)9-7-8(15(18)19)5-6-10(9)14;2*1-2/h5-7,11H,3-4H2,1-2H3;2*1-2H3. The highest BCUT2D eigenvalue weighted by molar-refractivity contribution is 6.32. The lowest BCUT2D eigenvalue weighted by Gasteiger charge is -2.15. The summed E-state index contributed by atoms with van der Waals surface area (Å²) in [5.41, 5.74) is -0.296. The van der Waals surface area contributed by atoms with Crippen LogP contribution in [-0.2, 0) is 19.1 Å². The summed E-state index contributed by atoms with van der Waals surface area (Å²) in [6.45, 7) is 11.3. The van der Waals surface area contributed by atoms with Crippen molar-refractivity contribution in [3.63, 3.8) is 0 Å². The van der Waals surface area contributed by atoms with Gasteiger partial charge in [0.05, 0.1) is 18.1 Å². The van der Waals surface area contributed by atoms with Crippen LogP contribution in [0.15, 0.2) is 18.2 Å². The van der Waals surface area contributed by atoms with Crippen LogP contribution in [-0.4, -0.2) is 30.1 Å². The number of benzene rings is 1. The number of carbonyl (C=O) groups is 2. The maximum atomic E-state index is 11.9. The van der Waals surface area contributed by atoms with Crippen molar-refractivity contribution in [1.82, 2.24) is 0 Å². The van der Waals surface area contributed by atoms with Crippen LogP contribution in [0.2, 0.25) is 5.02 Å². The van der Waals surface area contributed by atoms with Crippen molar-refractivity contribution < 1.29 is 24.0 Å². The molecule has 1 aromatic carbocycles. The molecule has 8 heteroatoms. The molecule has 0 saturated carbocycles. The first-order valence-corrected chi connectivity index (χ1v) is 8.57. The molecule has 0 spiro atoms. The van der Waals surface area contributed by atoms with E-state index in [-0.39, 0.29) is 29.5 Å².